The summed E-state index contributed by atoms with van der Waals surface area (Å²) in [4.78, 5) is 6.35. The first-order valence-corrected chi connectivity index (χ1v) is 9.67. The number of piperazine rings is 1. The molecule has 0 N–H and O–H groups in total. The first kappa shape index (κ1) is 16.5. The normalized spacial score (nSPS) is 17.5. The summed E-state index contributed by atoms with van der Waals surface area (Å²) in [6, 6.07) is 5.52. The van der Waals surface area contributed by atoms with E-state index in [2.05, 4.69) is 9.88 Å². The summed E-state index contributed by atoms with van der Waals surface area (Å²) in [7, 11) is -3.77. The van der Waals surface area contributed by atoms with Gasteiger partial charge in [-0.3, -0.25) is 4.90 Å². The number of sulfonamides is 1. The van der Waals surface area contributed by atoms with Crippen LogP contribution in [0, 0.1) is 12.7 Å². The number of hydrogen-bond donors (Lipinski definition) is 0. The quantitative estimate of drug-likeness (QED) is 0.843. The Balaban J connectivity index is 1.65. The zero-order valence-corrected chi connectivity index (χ0v) is 14.4. The summed E-state index contributed by atoms with van der Waals surface area (Å²) < 4.78 is 40.2. The van der Waals surface area contributed by atoms with Crippen LogP contribution >= 0.6 is 11.3 Å². The van der Waals surface area contributed by atoms with Crippen LogP contribution in [-0.4, -0.2) is 48.8 Å². The Hall–Kier alpha value is -1.35. The Labute approximate surface area is 139 Å². The number of hydrogen-bond acceptors (Lipinski definition) is 5. The fourth-order valence-corrected chi connectivity index (χ4v) is 4.72. The van der Waals surface area contributed by atoms with E-state index in [0.717, 1.165) is 17.2 Å². The smallest absolute Gasteiger partial charge is 0.246 e. The van der Waals surface area contributed by atoms with Crippen molar-refractivity contribution in [2.45, 2.75) is 18.4 Å². The SMILES string of the molecule is Cc1nc(CN2CCN(S(=O)(=O)c3ccccc3F)CC2)cs1. The summed E-state index contributed by atoms with van der Waals surface area (Å²) in [5.41, 5.74) is 1.01. The standard InChI is InChI=1S/C15H18FN3O2S2/c1-12-17-13(11-22-12)10-18-6-8-19(9-7-18)23(20,21)15-5-3-2-4-14(15)16/h2-5,11H,6-10H2,1H3. The van der Waals surface area contributed by atoms with Crippen LogP contribution < -0.4 is 0 Å². The van der Waals surface area contributed by atoms with Crippen molar-refractivity contribution < 1.29 is 12.8 Å². The molecule has 2 aromatic rings. The van der Waals surface area contributed by atoms with Crippen molar-refractivity contribution in [1.29, 1.82) is 0 Å². The molecule has 3 rings (SSSR count). The first-order valence-electron chi connectivity index (χ1n) is 7.35. The Morgan fingerprint density at radius 2 is 1.91 bits per heavy atom. The number of nitrogens with zero attached hydrogens (tertiary/aromatic N) is 3. The van der Waals surface area contributed by atoms with Gasteiger partial charge in [0.05, 0.1) is 10.7 Å². The topological polar surface area (TPSA) is 53.5 Å². The van der Waals surface area contributed by atoms with Gasteiger partial charge in [0.25, 0.3) is 0 Å². The van der Waals surface area contributed by atoms with Gasteiger partial charge in [-0.1, -0.05) is 12.1 Å². The summed E-state index contributed by atoms with van der Waals surface area (Å²) in [6.07, 6.45) is 0. The average molecular weight is 355 g/mol. The van der Waals surface area contributed by atoms with Crippen LogP contribution in [0.15, 0.2) is 34.5 Å². The largest absolute Gasteiger partial charge is 0.295 e. The predicted molar refractivity (Wildman–Crippen MR) is 87.3 cm³/mol. The maximum Gasteiger partial charge on any atom is 0.246 e. The number of aryl methyl sites for hydroxylation is 1. The van der Waals surface area contributed by atoms with E-state index in [4.69, 9.17) is 0 Å². The van der Waals surface area contributed by atoms with Crippen molar-refractivity contribution in [2.24, 2.45) is 0 Å². The molecule has 1 fully saturated rings. The summed E-state index contributed by atoms with van der Waals surface area (Å²) >= 11 is 1.61. The third kappa shape index (κ3) is 3.60. The molecule has 1 aromatic heterocycles. The second-order valence-electron chi connectivity index (χ2n) is 5.47. The van der Waals surface area contributed by atoms with Gasteiger partial charge in [-0.05, 0) is 19.1 Å². The molecule has 0 aliphatic carbocycles. The lowest BCUT2D eigenvalue weighted by Gasteiger charge is -2.33. The molecule has 1 saturated heterocycles. The van der Waals surface area contributed by atoms with E-state index < -0.39 is 15.8 Å². The minimum Gasteiger partial charge on any atom is -0.295 e. The van der Waals surface area contributed by atoms with Crippen molar-refractivity contribution in [3.8, 4) is 0 Å². The van der Waals surface area contributed by atoms with E-state index in [1.807, 2.05) is 12.3 Å². The molecule has 0 radical (unpaired) electrons. The van der Waals surface area contributed by atoms with Crippen molar-refractivity contribution in [2.75, 3.05) is 26.2 Å². The van der Waals surface area contributed by atoms with Crippen molar-refractivity contribution in [1.82, 2.24) is 14.2 Å². The van der Waals surface area contributed by atoms with Crippen LogP contribution in [-0.2, 0) is 16.6 Å². The molecule has 0 amide bonds. The van der Waals surface area contributed by atoms with Gasteiger partial charge in [0, 0.05) is 38.1 Å². The monoisotopic (exact) mass is 355 g/mol. The molecule has 8 heteroatoms. The molecular formula is C15H18FN3O2S2. The highest BCUT2D eigenvalue weighted by Crippen LogP contribution is 2.21. The zero-order valence-electron chi connectivity index (χ0n) is 12.8. The Kier molecular flexibility index (Phi) is 4.77. The Morgan fingerprint density at radius 3 is 2.52 bits per heavy atom. The molecule has 1 aliphatic rings. The molecule has 2 heterocycles. The molecule has 23 heavy (non-hydrogen) atoms. The number of halogens is 1. The molecule has 0 bridgehead atoms. The third-order valence-electron chi connectivity index (χ3n) is 3.84. The van der Waals surface area contributed by atoms with Crippen molar-refractivity contribution in [3.63, 3.8) is 0 Å². The fraction of sp³-hybridized carbons (Fsp3) is 0.400. The van der Waals surface area contributed by atoms with E-state index >= 15 is 0 Å². The van der Waals surface area contributed by atoms with Gasteiger partial charge in [-0.2, -0.15) is 4.31 Å². The van der Waals surface area contributed by atoms with Crippen LogP contribution in [0.2, 0.25) is 0 Å². The van der Waals surface area contributed by atoms with E-state index in [-0.39, 0.29) is 4.90 Å². The number of rotatable bonds is 4. The van der Waals surface area contributed by atoms with Crippen molar-refractivity contribution in [3.05, 3.63) is 46.2 Å². The highest BCUT2D eigenvalue weighted by atomic mass is 32.2. The second kappa shape index (κ2) is 6.64. The number of aromatic nitrogens is 1. The minimum atomic E-state index is -3.77. The molecule has 124 valence electrons. The molecule has 0 spiro atoms. The zero-order chi connectivity index (χ0) is 16.4. The summed E-state index contributed by atoms with van der Waals surface area (Å²) in [6.45, 7) is 4.64. The van der Waals surface area contributed by atoms with E-state index in [1.54, 1.807) is 11.3 Å². The molecule has 1 aromatic carbocycles. The van der Waals surface area contributed by atoms with Crippen molar-refractivity contribution >= 4 is 21.4 Å². The Bertz CT molecular complexity index is 784. The second-order valence-corrected chi connectivity index (χ2v) is 8.44. The number of thiazole rings is 1. The predicted octanol–water partition coefficient (Wildman–Crippen LogP) is 2.10. The highest BCUT2D eigenvalue weighted by Gasteiger charge is 2.30. The van der Waals surface area contributed by atoms with Gasteiger partial charge >= 0.3 is 0 Å². The van der Waals surface area contributed by atoms with Crippen LogP contribution in [0.5, 0.6) is 0 Å². The van der Waals surface area contributed by atoms with E-state index in [1.165, 1.54) is 28.6 Å². The maximum atomic E-state index is 13.8. The van der Waals surface area contributed by atoms with Crippen LogP contribution in [0.25, 0.3) is 0 Å². The van der Waals surface area contributed by atoms with Crippen LogP contribution in [0.1, 0.15) is 10.7 Å². The lowest BCUT2D eigenvalue weighted by Crippen LogP contribution is -2.48. The third-order valence-corrected chi connectivity index (χ3v) is 6.59. The van der Waals surface area contributed by atoms with Crippen LogP contribution in [0.4, 0.5) is 4.39 Å². The Morgan fingerprint density at radius 1 is 1.22 bits per heavy atom. The molecule has 0 saturated carbocycles. The molecule has 1 aliphatic heterocycles. The summed E-state index contributed by atoms with van der Waals surface area (Å²) in [5, 5.41) is 3.05. The minimum absolute atomic E-state index is 0.247. The van der Waals surface area contributed by atoms with Crippen LogP contribution in [0.3, 0.4) is 0 Å². The van der Waals surface area contributed by atoms with Gasteiger partial charge in [0.2, 0.25) is 10.0 Å². The number of benzene rings is 1. The van der Waals surface area contributed by atoms with E-state index in [0.29, 0.717) is 26.2 Å². The highest BCUT2D eigenvalue weighted by molar-refractivity contribution is 7.89. The molecule has 5 nitrogen and oxygen atoms in total. The first-order chi connectivity index (χ1) is 11.0. The molecule has 0 unspecified atom stereocenters. The lowest BCUT2D eigenvalue weighted by molar-refractivity contribution is 0.180. The van der Waals surface area contributed by atoms with Gasteiger partial charge in [0.15, 0.2) is 0 Å². The molecule has 0 atom stereocenters. The fourth-order valence-electron chi connectivity index (χ4n) is 2.63. The van der Waals surface area contributed by atoms with Gasteiger partial charge in [-0.25, -0.2) is 17.8 Å². The van der Waals surface area contributed by atoms with Gasteiger partial charge in [0.1, 0.15) is 10.7 Å². The average Bonchev–Trinajstić information content (AvgIpc) is 2.93. The molecular weight excluding hydrogens is 337 g/mol. The maximum absolute atomic E-state index is 13.8. The van der Waals surface area contributed by atoms with E-state index in [9.17, 15) is 12.8 Å². The van der Waals surface area contributed by atoms with Gasteiger partial charge < -0.3 is 0 Å². The summed E-state index contributed by atoms with van der Waals surface area (Å²) in [5.74, 6) is -0.701. The lowest BCUT2D eigenvalue weighted by atomic mass is 10.3. The van der Waals surface area contributed by atoms with Gasteiger partial charge in [-0.15, -0.1) is 11.3 Å².